The monoisotopic (exact) mass is 470 g/mol. The average Bonchev–Trinajstić information content (AvgIpc) is 3.31. The summed E-state index contributed by atoms with van der Waals surface area (Å²) in [6.07, 6.45) is 2.82. The Hall–Kier alpha value is -2.97. The third-order valence-corrected chi connectivity index (χ3v) is 6.54. The van der Waals surface area contributed by atoms with Gasteiger partial charge in [0.15, 0.2) is 0 Å². The standard InChI is InChI=1S/C26H31FN2O5/c1-3-28-25(31)19-8-7-15(12-21(19)27)11-16-13-20(24(33-2)18-6-4-5-17(16)18)26(32)29-22-9-10-34-14-23(22)30/h7-8,12-13,22-23,30H,3-6,9-11,14H2,1-2H3,(H,28,31)(H,29,32)/t22-,23-/m0/s1. The predicted octanol–water partition coefficient (Wildman–Crippen LogP) is 2.54. The number of halogens is 1. The van der Waals surface area contributed by atoms with Gasteiger partial charge in [0.1, 0.15) is 11.6 Å². The van der Waals surface area contributed by atoms with Crippen LogP contribution in [-0.4, -0.2) is 55.9 Å². The molecule has 0 aromatic heterocycles. The van der Waals surface area contributed by atoms with Crippen LogP contribution in [0, 0.1) is 5.82 Å². The fourth-order valence-electron chi connectivity index (χ4n) is 4.86. The summed E-state index contributed by atoms with van der Waals surface area (Å²) < 4.78 is 25.6. The van der Waals surface area contributed by atoms with Gasteiger partial charge in [-0.1, -0.05) is 6.07 Å². The first kappa shape index (κ1) is 24.2. The third kappa shape index (κ3) is 4.93. The van der Waals surface area contributed by atoms with E-state index in [2.05, 4.69) is 10.6 Å². The van der Waals surface area contributed by atoms with E-state index in [1.165, 1.54) is 12.1 Å². The van der Waals surface area contributed by atoms with E-state index in [1.807, 2.05) is 6.07 Å². The lowest BCUT2D eigenvalue weighted by molar-refractivity contribution is -0.0261. The van der Waals surface area contributed by atoms with Crippen molar-refractivity contribution >= 4 is 11.8 Å². The molecule has 0 bridgehead atoms. The number of nitrogens with one attached hydrogen (secondary N) is 2. The molecule has 1 fully saturated rings. The van der Waals surface area contributed by atoms with E-state index < -0.39 is 23.9 Å². The molecular formula is C26H31FN2O5. The molecule has 1 saturated heterocycles. The average molecular weight is 471 g/mol. The second-order valence-corrected chi connectivity index (χ2v) is 8.79. The van der Waals surface area contributed by atoms with Gasteiger partial charge in [-0.15, -0.1) is 0 Å². The van der Waals surface area contributed by atoms with Crippen LogP contribution in [0.15, 0.2) is 24.3 Å². The maximum absolute atomic E-state index is 14.6. The Bertz CT molecular complexity index is 1090. The number of aliphatic hydroxyl groups is 1. The fourth-order valence-corrected chi connectivity index (χ4v) is 4.86. The molecule has 0 saturated carbocycles. The first-order chi connectivity index (χ1) is 16.4. The molecule has 2 aromatic rings. The van der Waals surface area contributed by atoms with Gasteiger partial charge in [0.05, 0.1) is 37.0 Å². The Labute approximate surface area is 198 Å². The summed E-state index contributed by atoms with van der Waals surface area (Å²) in [5, 5.41) is 15.7. The molecule has 0 spiro atoms. The van der Waals surface area contributed by atoms with Gasteiger partial charge in [-0.3, -0.25) is 9.59 Å². The van der Waals surface area contributed by atoms with Crippen LogP contribution in [0.4, 0.5) is 4.39 Å². The first-order valence-electron chi connectivity index (χ1n) is 11.8. The third-order valence-electron chi connectivity index (χ3n) is 6.54. The minimum absolute atomic E-state index is 0.0145. The Morgan fingerprint density at radius 2 is 1.97 bits per heavy atom. The van der Waals surface area contributed by atoms with Crippen LogP contribution in [-0.2, 0) is 24.0 Å². The fraction of sp³-hybridized carbons (Fsp3) is 0.462. The summed E-state index contributed by atoms with van der Waals surface area (Å²) >= 11 is 0. The van der Waals surface area contributed by atoms with Crippen molar-refractivity contribution in [2.24, 2.45) is 0 Å². The van der Waals surface area contributed by atoms with Crippen molar-refractivity contribution in [2.45, 2.75) is 51.2 Å². The number of rotatable bonds is 7. The second-order valence-electron chi connectivity index (χ2n) is 8.79. The van der Waals surface area contributed by atoms with Crippen LogP contribution in [0.1, 0.15) is 62.7 Å². The van der Waals surface area contributed by atoms with Crippen molar-refractivity contribution in [2.75, 3.05) is 26.9 Å². The van der Waals surface area contributed by atoms with Gasteiger partial charge in [-0.05, 0) is 79.5 Å². The van der Waals surface area contributed by atoms with E-state index in [4.69, 9.17) is 9.47 Å². The van der Waals surface area contributed by atoms with E-state index in [9.17, 15) is 19.1 Å². The molecule has 8 heteroatoms. The zero-order valence-electron chi connectivity index (χ0n) is 19.6. The van der Waals surface area contributed by atoms with Gasteiger partial charge in [0.25, 0.3) is 11.8 Å². The minimum atomic E-state index is -0.760. The van der Waals surface area contributed by atoms with Gasteiger partial charge < -0.3 is 25.2 Å². The molecule has 2 aromatic carbocycles. The van der Waals surface area contributed by atoms with Crippen LogP contribution in [0.25, 0.3) is 0 Å². The van der Waals surface area contributed by atoms with E-state index in [-0.39, 0.29) is 18.1 Å². The van der Waals surface area contributed by atoms with Crippen molar-refractivity contribution in [3.8, 4) is 5.75 Å². The van der Waals surface area contributed by atoms with Crippen molar-refractivity contribution in [3.63, 3.8) is 0 Å². The molecule has 182 valence electrons. The van der Waals surface area contributed by atoms with E-state index >= 15 is 0 Å². The van der Waals surface area contributed by atoms with E-state index in [0.29, 0.717) is 37.3 Å². The van der Waals surface area contributed by atoms with Crippen molar-refractivity contribution < 1.29 is 28.6 Å². The van der Waals surface area contributed by atoms with Crippen LogP contribution in [0.5, 0.6) is 5.75 Å². The number of aliphatic hydroxyl groups excluding tert-OH is 1. The Morgan fingerprint density at radius 1 is 1.18 bits per heavy atom. The quantitative estimate of drug-likeness (QED) is 0.578. The molecule has 1 aliphatic carbocycles. The lowest BCUT2D eigenvalue weighted by Gasteiger charge is -2.29. The molecule has 7 nitrogen and oxygen atoms in total. The normalized spacial score (nSPS) is 19.4. The lowest BCUT2D eigenvalue weighted by Crippen LogP contribution is -2.48. The highest BCUT2D eigenvalue weighted by atomic mass is 19.1. The van der Waals surface area contributed by atoms with Crippen LogP contribution in [0.2, 0.25) is 0 Å². The molecule has 3 N–H and O–H groups in total. The Morgan fingerprint density at radius 3 is 2.68 bits per heavy atom. The molecule has 2 aliphatic rings. The highest BCUT2D eigenvalue weighted by molar-refractivity contribution is 5.98. The molecule has 2 atom stereocenters. The van der Waals surface area contributed by atoms with Crippen LogP contribution < -0.4 is 15.4 Å². The number of methoxy groups -OCH3 is 1. The molecule has 2 amide bonds. The summed E-state index contributed by atoms with van der Waals surface area (Å²) in [5.74, 6) is -0.754. The molecule has 0 radical (unpaired) electrons. The van der Waals surface area contributed by atoms with E-state index in [0.717, 1.165) is 41.5 Å². The molecule has 1 aliphatic heterocycles. The van der Waals surface area contributed by atoms with Gasteiger partial charge >= 0.3 is 0 Å². The molecule has 1 heterocycles. The molecule has 34 heavy (non-hydrogen) atoms. The molecular weight excluding hydrogens is 439 g/mol. The number of carbonyl (C=O) groups excluding carboxylic acids is 2. The zero-order valence-corrected chi connectivity index (χ0v) is 19.6. The summed E-state index contributed by atoms with van der Waals surface area (Å²) in [6.45, 7) is 2.88. The second kappa shape index (κ2) is 10.5. The van der Waals surface area contributed by atoms with Crippen molar-refractivity contribution in [3.05, 3.63) is 63.5 Å². The summed E-state index contributed by atoms with van der Waals surface area (Å²) in [6, 6.07) is 6.06. The maximum atomic E-state index is 14.6. The number of fused-ring (bicyclic) bond motifs is 1. The summed E-state index contributed by atoms with van der Waals surface area (Å²) in [7, 11) is 1.56. The zero-order chi connectivity index (χ0) is 24.2. The lowest BCUT2D eigenvalue weighted by atomic mass is 9.92. The largest absolute Gasteiger partial charge is 0.496 e. The first-order valence-corrected chi connectivity index (χ1v) is 11.8. The predicted molar refractivity (Wildman–Crippen MR) is 125 cm³/mol. The van der Waals surface area contributed by atoms with Gasteiger partial charge in [-0.2, -0.15) is 0 Å². The number of ether oxygens (including phenoxy) is 2. The minimum Gasteiger partial charge on any atom is -0.496 e. The van der Waals surface area contributed by atoms with E-state index in [1.54, 1.807) is 20.1 Å². The van der Waals surface area contributed by atoms with Crippen molar-refractivity contribution in [1.82, 2.24) is 10.6 Å². The number of amides is 2. The molecule has 0 unspecified atom stereocenters. The van der Waals surface area contributed by atoms with Crippen LogP contribution in [0.3, 0.4) is 0 Å². The number of benzene rings is 2. The van der Waals surface area contributed by atoms with Gasteiger partial charge in [0, 0.05) is 13.2 Å². The van der Waals surface area contributed by atoms with Crippen LogP contribution >= 0.6 is 0 Å². The molecule has 4 rings (SSSR count). The Kier molecular flexibility index (Phi) is 7.48. The van der Waals surface area contributed by atoms with Gasteiger partial charge in [0.2, 0.25) is 0 Å². The number of carbonyl (C=O) groups is 2. The highest BCUT2D eigenvalue weighted by Crippen LogP contribution is 2.37. The summed E-state index contributed by atoms with van der Waals surface area (Å²) in [5.41, 5.74) is 4.23. The number of hydrogen-bond acceptors (Lipinski definition) is 5. The topological polar surface area (TPSA) is 96.9 Å². The maximum Gasteiger partial charge on any atom is 0.255 e. The number of hydrogen-bond donors (Lipinski definition) is 3. The smallest absolute Gasteiger partial charge is 0.255 e. The highest BCUT2D eigenvalue weighted by Gasteiger charge is 2.29. The summed E-state index contributed by atoms with van der Waals surface area (Å²) in [4.78, 5) is 25.3. The van der Waals surface area contributed by atoms with Gasteiger partial charge in [-0.25, -0.2) is 4.39 Å². The van der Waals surface area contributed by atoms with Crippen molar-refractivity contribution in [1.29, 1.82) is 0 Å². The SMILES string of the molecule is CCNC(=O)c1ccc(Cc2cc(C(=O)N[C@H]3CCOC[C@@H]3O)c(OC)c3c2CCC3)cc1F. The Balaban J connectivity index is 1.64.